The number of aromatic nitrogens is 1. The highest BCUT2D eigenvalue weighted by Gasteiger charge is 2.16. The first-order valence-corrected chi connectivity index (χ1v) is 9.08. The minimum Gasteiger partial charge on any atom is -0.497 e. The Morgan fingerprint density at radius 2 is 1.96 bits per heavy atom. The highest BCUT2D eigenvalue weighted by atomic mass is 127. The fourth-order valence-corrected chi connectivity index (χ4v) is 3.02. The van der Waals surface area contributed by atoms with E-state index >= 15 is 0 Å². The molecule has 1 heterocycles. The number of guanidine groups is 1. The molecule has 1 saturated carbocycles. The molecule has 0 aliphatic heterocycles. The third-order valence-electron chi connectivity index (χ3n) is 4.49. The van der Waals surface area contributed by atoms with Crippen LogP contribution >= 0.6 is 24.0 Å². The summed E-state index contributed by atoms with van der Waals surface area (Å²) in [5.74, 6) is 2.31. The van der Waals surface area contributed by atoms with E-state index in [1.54, 1.807) is 32.5 Å². The molecule has 1 fully saturated rings. The summed E-state index contributed by atoms with van der Waals surface area (Å²) in [6, 6.07) is 9.27. The molecule has 1 aromatic carbocycles. The first-order chi connectivity index (χ1) is 13.2. The molecule has 1 aromatic heterocycles. The molecule has 0 saturated heterocycles. The molecule has 3 N–H and O–H groups in total. The molecule has 152 valence electrons. The molecule has 1 aliphatic carbocycles. The number of anilines is 1. The van der Waals surface area contributed by atoms with Crippen LogP contribution < -0.4 is 25.3 Å². The summed E-state index contributed by atoms with van der Waals surface area (Å²) in [7, 11) is 3.21. The van der Waals surface area contributed by atoms with E-state index in [4.69, 9.17) is 19.9 Å². The monoisotopic (exact) mass is 498 g/mol. The van der Waals surface area contributed by atoms with Gasteiger partial charge in [-0.25, -0.2) is 9.98 Å². The largest absolute Gasteiger partial charge is 0.497 e. The molecule has 0 amide bonds. The first-order valence-electron chi connectivity index (χ1n) is 9.08. The Morgan fingerprint density at radius 1 is 1.18 bits per heavy atom. The number of methoxy groups -OCH3 is 2. The van der Waals surface area contributed by atoms with Crippen molar-refractivity contribution in [3.8, 4) is 17.4 Å². The van der Waals surface area contributed by atoms with E-state index in [0.717, 1.165) is 18.4 Å². The molecule has 28 heavy (non-hydrogen) atoms. The third kappa shape index (κ3) is 6.15. The van der Waals surface area contributed by atoms with E-state index in [1.165, 1.54) is 12.8 Å². The molecule has 0 bridgehead atoms. The zero-order chi connectivity index (χ0) is 19.1. The molecular formula is C20H27IN4O3. The molecule has 0 atom stereocenters. The van der Waals surface area contributed by atoms with Gasteiger partial charge >= 0.3 is 0 Å². The standard InChI is InChI=1S/C20H26N4O3.HI/c1-25-16-8-9-18(26-2)17(11-16)24-20(21)23-13-14-7-10-19(22-12-14)27-15-5-3-4-6-15;/h7-12,15H,3-6,13H2,1-2H3,(H3,21,23,24);1H. The Hall–Kier alpha value is -2.23. The van der Waals surface area contributed by atoms with Crippen LogP contribution in [-0.4, -0.2) is 31.3 Å². The highest BCUT2D eigenvalue weighted by molar-refractivity contribution is 14.0. The molecule has 0 spiro atoms. The topological polar surface area (TPSA) is 91.0 Å². The van der Waals surface area contributed by atoms with Crippen LogP contribution in [0.1, 0.15) is 31.2 Å². The van der Waals surface area contributed by atoms with Crippen molar-refractivity contribution in [2.75, 3.05) is 19.5 Å². The third-order valence-corrected chi connectivity index (χ3v) is 4.49. The Kier molecular flexibility index (Phi) is 8.62. The zero-order valence-electron chi connectivity index (χ0n) is 16.2. The minimum atomic E-state index is 0. The molecule has 0 radical (unpaired) electrons. The lowest BCUT2D eigenvalue weighted by molar-refractivity contribution is 0.201. The lowest BCUT2D eigenvalue weighted by Gasteiger charge is -2.12. The quantitative estimate of drug-likeness (QED) is 0.341. The number of nitrogens with zero attached hydrogens (tertiary/aromatic N) is 2. The normalized spacial score (nSPS) is 14.3. The number of hydrogen-bond donors (Lipinski definition) is 2. The Bertz CT molecular complexity index is 778. The number of halogens is 1. The van der Waals surface area contributed by atoms with Crippen LogP contribution in [0.2, 0.25) is 0 Å². The minimum absolute atomic E-state index is 0. The van der Waals surface area contributed by atoms with Gasteiger partial charge in [-0.3, -0.25) is 0 Å². The van der Waals surface area contributed by atoms with Gasteiger partial charge in [0.2, 0.25) is 5.88 Å². The van der Waals surface area contributed by atoms with Gasteiger partial charge in [0.25, 0.3) is 0 Å². The number of hydrogen-bond acceptors (Lipinski definition) is 5. The smallest absolute Gasteiger partial charge is 0.213 e. The van der Waals surface area contributed by atoms with Gasteiger partial charge in [0.05, 0.1) is 26.5 Å². The second kappa shape index (κ2) is 10.9. The van der Waals surface area contributed by atoms with Crippen LogP contribution in [0.5, 0.6) is 17.4 Å². The van der Waals surface area contributed by atoms with E-state index in [9.17, 15) is 0 Å². The van der Waals surface area contributed by atoms with E-state index in [2.05, 4.69) is 15.3 Å². The molecular weight excluding hydrogens is 471 g/mol. The van der Waals surface area contributed by atoms with Crippen LogP contribution in [0.25, 0.3) is 0 Å². The summed E-state index contributed by atoms with van der Waals surface area (Å²) in [6.45, 7) is 0.418. The summed E-state index contributed by atoms with van der Waals surface area (Å²) in [5, 5.41) is 3.04. The highest BCUT2D eigenvalue weighted by Crippen LogP contribution is 2.28. The van der Waals surface area contributed by atoms with Crippen LogP contribution in [-0.2, 0) is 6.54 Å². The maximum absolute atomic E-state index is 6.00. The fraction of sp³-hybridized carbons (Fsp3) is 0.400. The Morgan fingerprint density at radius 3 is 2.61 bits per heavy atom. The molecule has 8 heteroatoms. The van der Waals surface area contributed by atoms with E-state index in [1.807, 2.05) is 18.2 Å². The number of aliphatic imine (C=N–C) groups is 1. The number of pyridine rings is 1. The second-order valence-corrected chi connectivity index (χ2v) is 6.42. The van der Waals surface area contributed by atoms with Gasteiger partial charge in [-0.2, -0.15) is 0 Å². The van der Waals surface area contributed by atoms with Gasteiger partial charge in [-0.15, -0.1) is 24.0 Å². The van der Waals surface area contributed by atoms with Gasteiger partial charge in [0.15, 0.2) is 5.96 Å². The van der Waals surface area contributed by atoms with Crippen LogP contribution in [0, 0.1) is 0 Å². The zero-order valence-corrected chi connectivity index (χ0v) is 18.5. The Labute approximate surface area is 182 Å². The van der Waals surface area contributed by atoms with E-state index in [0.29, 0.717) is 35.7 Å². The summed E-state index contributed by atoms with van der Waals surface area (Å²) < 4.78 is 16.4. The molecule has 3 rings (SSSR count). The molecule has 1 aliphatic rings. The SMILES string of the molecule is COc1ccc(OC)c(NC(N)=NCc2ccc(OC3CCCC3)nc2)c1.I. The van der Waals surface area contributed by atoms with Crippen molar-refractivity contribution in [1.82, 2.24) is 4.98 Å². The van der Waals surface area contributed by atoms with Crippen molar-refractivity contribution in [3.05, 3.63) is 42.1 Å². The lowest BCUT2D eigenvalue weighted by atomic mass is 10.2. The lowest BCUT2D eigenvalue weighted by Crippen LogP contribution is -2.23. The van der Waals surface area contributed by atoms with Gasteiger partial charge in [0, 0.05) is 18.3 Å². The van der Waals surface area contributed by atoms with Crippen molar-refractivity contribution in [2.24, 2.45) is 10.7 Å². The van der Waals surface area contributed by atoms with Crippen LogP contribution in [0.4, 0.5) is 5.69 Å². The predicted octanol–water partition coefficient (Wildman–Crippen LogP) is 3.97. The van der Waals surface area contributed by atoms with Crippen molar-refractivity contribution in [2.45, 2.75) is 38.3 Å². The summed E-state index contributed by atoms with van der Waals surface area (Å²) in [5.41, 5.74) is 7.65. The van der Waals surface area contributed by atoms with Gasteiger partial charge < -0.3 is 25.3 Å². The van der Waals surface area contributed by atoms with Crippen molar-refractivity contribution < 1.29 is 14.2 Å². The van der Waals surface area contributed by atoms with Crippen LogP contribution in [0.3, 0.4) is 0 Å². The van der Waals surface area contributed by atoms with Gasteiger partial charge in [0.1, 0.15) is 17.6 Å². The van der Waals surface area contributed by atoms with E-state index < -0.39 is 0 Å². The van der Waals surface area contributed by atoms with Crippen molar-refractivity contribution >= 4 is 35.6 Å². The predicted molar refractivity (Wildman–Crippen MR) is 121 cm³/mol. The van der Waals surface area contributed by atoms with Gasteiger partial charge in [-0.1, -0.05) is 6.07 Å². The second-order valence-electron chi connectivity index (χ2n) is 6.42. The number of rotatable bonds is 7. The van der Waals surface area contributed by atoms with Gasteiger partial charge in [-0.05, 0) is 43.4 Å². The number of ether oxygens (including phenoxy) is 3. The average molecular weight is 498 g/mol. The average Bonchev–Trinajstić information content (AvgIpc) is 3.20. The van der Waals surface area contributed by atoms with Crippen molar-refractivity contribution in [3.63, 3.8) is 0 Å². The number of nitrogens with one attached hydrogen (secondary N) is 1. The Balaban J connectivity index is 0.00000280. The fourth-order valence-electron chi connectivity index (χ4n) is 3.02. The number of benzene rings is 1. The molecule has 2 aromatic rings. The molecule has 7 nitrogen and oxygen atoms in total. The number of nitrogens with two attached hydrogens (primary N) is 1. The summed E-state index contributed by atoms with van der Waals surface area (Å²) in [6.07, 6.45) is 6.78. The molecule has 0 unspecified atom stereocenters. The maximum atomic E-state index is 6.00. The first kappa shape index (κ1) is 22.1. The van der Waals surface area contributed by atoms with E-state index in [-0.39, 0.29) is 29.9 Å². The summed E-state index contributed by atoms with van der Waals surface area (Å²) >= 11 is 0. The summed E-state index contributed by atoms with van der Waals surface area (Å²) in [4.78, 5) is 8.72. The van der Waals surface area contributed by atoms with Crippen molar-refractivity contribution in [1.29, 1.82) is 0 Å². The van der Waals surface area contributed by atoms with Crippen LogP contribution in [0.15, 0.2) is 41.5 Å². The maximum Gasteiger partial charge on any atom is 0.213 e.